The predicted octanol–water partition coefficient (Wildman–Crippen LogP) is 19.0. The van der Waals surface area contributed by atoms with E-state index in [1.807, 2.05) is 18.2 Å². The maximum absolute atomic E-state index is 12.8. The molecule has 0 heterocycles. The van der Waals surface area contributed by atoms with Crippen LogP contribution in [-0.2, 0) is 28.6 Å². The number of allylic oxidation sites excluding steroid dienone is 8. The minimum atomic E-state index is -0.779. The zero-order valence-electron chi connectivity index (χ0n) is 44.0. The lowest BCUT2D eigenvalue weighted by molar-refractivity contribution is -0.167. The lowest BCUT2D eigenvalue weighted by Gasteiger charge is -2.18. The monoisotopic (exact) mass is 925 g/mol. The van der Waals surface area contributed by atoms with E-state index < -0.39 is 6.10 Å². The summed E-state index contributed by atoms with van der Waals surface area (Å²) in [6.45, 7) is 6.53. The number of carbonyl (C=O) groups is 3. The third-order valence-electron chi connectivity index (χ3n) is 12.7. The Morgan fingerprint density at radius 2 is 0.591 bits per heavy atom. The van der Waals surface area contributed by atoms with Crippen LogP contribution in [0.5, 0.6) is 0 Å². The Balaban J connectivity index is 4.36. The molecule has 0 aliphatic rings. The van der Waals surface area contributed by atoms with Crippen LogP contribution in [0, 0.1) is 0 Å². The van der Waals surface area contributed by atoms with E-state index in [1.165, 1.54) is 173 Å². The molecule has 0 amide bonds. The van der Waals surface area contributed by atoms with E-state index in [4.69, 9.17) is 14.2 Å². The molecule has 0 aromatic heterocycles. The first-order valence-electron chi connectivity index (χ1n) is 28.7. The highest BCUT2D eigenvalue weighted by Gasteiger charge is 2.19. The maximum Gasteiger partial charge on any atom is 0.306 e. The quantitative estimate of drug-likeness (QED) is 0.0262. The zero-order valence-corrected chi connectivity index (χ0v) is 44.0. The van der Waals surface area contributed by atoms with Gasteiger partial charge in [0.05, 0.1) is 0 Å². The average molecular weight is 926 g/mol. The second-order valence-electron chi connectivity index (χ2n) is 19.3. The highest BCUT2D eigenvalue weighted by molar-refractivity contribution is 5.71. The molecule has 6 nitrogen and oxygen atoms in total. The Bertz CT molecular complexity index is 1150. The molecule has 0 radical (unpaired) electrons. The van der Waals surface area contributed by atoms with Gasteiger partial charge in [-0.2, -0.15) is 0 Å². The van der Waals surface area contributed by atoms with Crippen LogP contribution < -0.4 is 0 Å². The first-order valence-corrected chi connectivity index (χ1v) is 28.7. The number of ether oxygens (including phenoxy) is 3. The van der Waals surface area contributed by atoms with E-state index in [1.54, 1.807) is 0 Å². The van der Waals surface area contributed by atoms with Crippen molar-refractivity contribution in [2.24, 2.45) is 0 Å². The fourth-order valence-corrected chi connectivity index (χ4v) is 8.40. The molecule has 0 bridgehead atoms. The summed E-state index contributed by atoms with van der Waals surface area (Å²) < 4.78 is 16.9. The number of esters is 3. The van der Waals surface area contributed by atoms with Crippen LogP contribution in [0.2, 0.25) is 0 Å². The summed E-state index contributed by atoms with van der Waals surface area (Å²) in [5.74, 6) is -0.883. The number of hydrogen-bond acceptors (Lipinski definition) is 6. The third kappa shape index (κ3) is 52.3. The van der Waals surface area contributed by atoms with E-state index in [-0.39, 0.29) is 31.1 Å². The SMILES string of the molecule is CC\C=C/C=C\C=C/C=C\CCCCCCCC(=O)OCC(COC(=O)CCCCCCCCCCCCCCCCCCC)OC(=O)CCCCCCCCCCCCCCCCCC. The van der Waals surface area contributed by atoms with Gasteiger partial charge in [-0.25, -0.2) is 0 Å². The molecule has 0 aliphatic heterocycles. The number of unbranched alkanes of at least 4 members (excludes halogenated alkanes) is 36. The molecule has 0 saturated carbocycles. The zero-order chi connectivity index (χ0) is 47.9. The van der Waals surface area contributed by atoms with Crippen molar-refractivity contribution in [2.45, 2.75) is 303 Å². The Kier molecular flexibility index (Phi) is 52.8. The molecule has 0 rings (SSSR count). The molecule has 6 heteroatoms. The summed E-state index contributed by atoms with van der Waals surface area (Å²) in [4.78, 5) is 38.1. The lowest BCUT2D eigenvalue weighted by Crippen LogP contribution is -2.30. The second kappa shape index (κ2) is 55.0. The van der Waals surface area contributed by atoms with Crippen molar-refractivity contribution in [3.05, 3.63) is 48.6 Å². The van der Waals surface area contributed by atoms with Crippen LogP contribution in [0.4, 0.5) is 0 Å². The van der Waals surface area contributed by atoms with Crippen LogP contribution in [0.25, 0.3) is 0 Å². The molecule has 0 fully saturated rings. The van der Waals surface area contributed by atoms with Crippen molar-refractivity contribution < 1.29 is 28.6 Å². The molecule has 1 unspecified atom stereocenters. The first-order chi connectivity index (χ1) is 32.5. The Labute approximate surface area is 409 Å². The fourth-order valence-electron chi connectivity index (χ4n) is 8.40. The van der Waals surface area contributed by atoms with Crippen molar-refractivity contribution in [2.75, 3.05) is 13.2 Å². The van der Waals surface area contributed by atoms with Gasteiger partial charge < -0.3 is 14.2 Å². The number of rotatable bonds is 52. The second-order valence-corrected chi connectivity index (χ2v) is 19.3. The average Bonchev–Trinajstić information content (AvgIpc) is 3.31. The highest BCUT2D eigenvalue weighted by atomic mass is 16.6. The van der Waals surface area contributed by atoms with E-state index >= 15 is 0 Å². The summed E-state index contributed by atoms with van der Waals surface area (Å²) in [7, 11) is 0. The summed E-state index contributed by atoms with van der Waals surface area (Å²) in [5.41, 5.74) is 0. The van der Waals surface area contributed by atoms with Crippen molar-refractivity contribution >= 4 is 17.9 Å². The van der Waals surface area contributed by atoms with Crippen molar-refractivity contribution in [1.29, 1.82) is 0 Å². The van der Waals surface area contributed by atoms with Crippen LogP contribution in [0.3, 0.4) is 0 Å². The maximum atomic E-state index is 12.8. The van der Waals surface area contributed by atoms with E-state index in [2.05, 4.69) is 51.2 Å². The summed E-state index contributed by atoms with van der Waals surface area (Å²) in [6, 6.07) is 0. The van der Waals surface area contributed by atoms with Crippen LogP contribution in [0.1, 0.15) is 297 Å². The van der Waals surface area contributed by atoms with Gasteiger partial charge in [0.1, 0.15) is 13.2 Å². The third-order valence-corrected chi connectivity index (χ3v) is 12.7. The van der Waals surface area contributed by atoms with Gasteiger partial charge in [0.25, 0.3) is 0 Å². The largest absolute Gasteiger partial charge is 0.462 e. The molecular formula is C60H108O6. The molecule has 0 N–H and O–H groups in total. The van der Waals surface area contributed by atoms with E-state index in [9.17, 15) is 14.4 Å². The summed E-state index contributed by atoms with van der Waals surface area (Å²) in [6.07, 6.45) is 66.7. The summed E-state index contributed by atoms with van der Waals surface area (Å²) >= 11 is 0. The fraction of sp³-hybridized carbons (Fsp3) is 0.817. The normalized spacial score (nSPS) is 12.3. The molecule has 0 aromatic rings. The van der Waals surface area contributed by atoms with Gasteiger partial charge in [-0.3, -0.25) is 14.4 Å². The highest BCUT2D eigenvalue weighted by Crippen LogP contribution is 2.17. The van der Waals surface area contributed by atoms with Gasteiger partial charge in [-0.05, 0) is 38.5 Å². The van der Waals surface area contributed by atoms with Gasteiger partial charge in [0.2, 0.25) is 0 Å². The minimum absolute atomic E-state index is 0.0764. The van der Waals surface area contributed by atoms with Crippen molar-refractivity contribution in [3.8, 4) is 0 Å². The molecule has 1 atom stereocenters. The molecule has 66 heavy (non-hydrogen) atoms. The molecule has 0 aliphatic carbocycles. The van der Waals surface area contributed by atoms with Crippen molar-refractivity contribution in [1.82, 2.24) is 0 Å². The molecule has 0 spiro atoms. The minimum Gasteiger partial charge on any atom is -0.462 e. The van der Waals surface area contributed by atoms with Gasteiger partial charge >= 0.3 is 17.9 Å². The number of carbonyl (C=O) groups excluding carboxylic acids is 3. The lowest BCUT2D eigenvalue weighted by atomic mass is 10.0. The Morgan fingerprint density at radius 3 is 0.924 bits per heavy atom. The van der Waals surface area contributed by atoms with Crippen LogP contribution in [0.15, 0.2) is 48.6 Å². The Morgan fingerprint density at radius 1 is 0.318 bits per heavy atom. The van der Waals surface area contributed by atoms with Gasteiger partial charge in [-0.1, -0.05) is 288 Å². The van der Waals surface area contributed by atoms with Crippen LogP contribution >= 0.6 is 0 Å². The topological polar surface area (TPSA) is 78.9 Å². The molecule has 0 saturated heterocycles. The summed E-state index contributed by atoms with van der Waals surface area (Å²) in [5, 5.41) is 0. The number of hydrogen-bond donors (Lipinski definition) is 0. The first kappa shape index (κ1) is 63.4. The standard InChI is InChI=1S/C60H108O6/c1-4-7-10-13-16-19-22-25-28-30-33-35-38-41-44-47-50-53-59(62)65-56-57(55-64-58(61)52-49-46-43-40-37-34-31-27-24-21-18-15-12-9-6-3)66-60(63)54-51-48-45-42-39-36-32-29-26-23-20-17-14-11-8-5-2/h9,12,15,18,21,24,27,31,57H,4-8,10-11,13-14,16-17,19-20,22-23,25-26,28-30,32-56H2,1-3H3/b12-9-,18-15-,24-21-,31-27-. The van der Waals surface area contributed by atoms with Crippen LogP contribution in [-0.4, -0.2) is 37.2 Å². The molecule has 0 aromatic carbocycles. The van der Waals surface area contributed by atoms with Crippen molar-refractivity contribution in [3.63, 3.8) is 0 Å². The van der Waals surface area contributed by atoms with E-state index in [0.29, 0.717) is 19.3 Å². The molecule has 384 valence electrons. The van der Waals surface area contributed by atoms with Gasteiger partial charge in [0.15, 0.2) is 6.10 Å². The van der Waals surface area contributed by atoms with Gasteiger partial charge in [-0.15, -0.1) is 0 Å². The van der Waals surface area contributed by atoms with E-state index in [0.717, 1.165) is 83.5 Å². The van der Waals surface area contributed by atoms with Gasteiger partial charge in [0, 0.05) is 19.3 Å². The Hall–Kier alpha value is -2.63. The smallest absolute Gasteiger partial charge is 0.306 e. The predicted molar refractivity (Wildman–Crippen MR) is 284 cm³/mol. The molecular weight excluding hydrogens is 817 g/mol.